The van der Waals surface area contributed by atoms with E-state index in [1.165, 1.54) is 0 Å². The summed E-state index contributed by atoms with van der Waals surface area (Å²) in [5.41, 5.74) is 0. The maximum atomic E-state index is 12.8. The third-order valence-corrected chi connectivity index (χ3v) is 6.17. The van der Waals surface area contributed by atoms with Gasteiger partial charge in [0.05, 0.1) is 11.8 Å². The third kappa shape index (κ3) is 4.00. The molecule has 0 aliphatic carbocycles. The fourth-order valence-corrected chi connectivity index (χ4v) is 4.46. The van der Waals surface area contributed by atoms with Crippen molar-refractivity contribution in [1.82, 2.24) is 19.6 Å². The number of nitrogens with zero attached hydrogens (tertiary/aromatic N) is 4. The largest absolute Gasteiger partial charge is 0.339 e. The number of hydrogen-bond acceptors (Lipinski definition) is 4. The quantitative estimate of drug-likeness (QED) is 0.683. The van der Waals surface area contributed by atoms with Gasteiger partial charge in [-0.15, -0.1) is 0 Å². The lowest BCUT2D eigenvalue weighted by atomic mass is 10.0. The molecule has 0 spiro atoms. The van der Waals surface area contributed by atoms with E-state index in [4.69, 9.17) is 0 Å². The first kappa shape index (κ1) is 20.6. The Morgan fingerprint density at radius 3 is 1.29 bits per heavy atom. The summed E-state index contributed by atoms with van der Waals surface area (Å²) < 4.78 is 0. The highest BCUT2D eigenvalue weighted by Gasteiger charge is 2.40. The summed E-state index contributed by atoms with van der Waals surface area (Å²) in [6.07, 6.45) is 0.566. The van der Waals surface area contributed by atoms with E-state index in [9.17, 15) is 19.2 Å². The molecule has 8 heteroatoms. The highest BCUT2D eigenvalue weighted by molar-refractivity contribution is 5.91. The fraction of sp³-hybridized carbons (Fsp3) is 0.800. The third-order valence-electron chi connectivity index (χ3n) is 6.17. The zero-order valence-electron chi connectivity index (χ0n) is 17.4. The van der Waals surface area contributed by atoms with Gasteiger partial charge in [-0.2, -0.15) is 0 Å². The molecular formula is C20H32N4O4. The molecule has 0 bridgehead atoms. The maximum Gasteiger partial charge on any atom is 0.228 e. The van der Waals surface area contributed by atoms with Crippen LogP contribution in [0.4, 0.5) is 0 Å². The molecule has 156 valence electrons. The molecule has 3 heterocycles. The predicted molar refractivity (Wildman–Crippen MR) is 103 cm³/mol. The molecule has 28 heavy (non-hydrogen) atoms. The zero-order chi connectivity index (χ0) is 20.6. The van der Waals surface area contributed by atoms with Crippen LogP contribution in [-0.4, -0.2) is 94.6 Å². The Hall–Kier alpha value is -2.12. The Balaban J connectivity index is 1.51. The molecule has 0 saturated carbocycles. The van der Waals surface area contributed by atoms with Gasteiger partial charge >= 0.3 is 0 Å². The van der Waals surface area contributed by atoms with Gasteiger partial charge in [-0.05, 0) is 27.7 Å². The van der Waals surface area contributed by atoms with Gasteiger partial charge in [-0.25, -0.2) is 0 Å². The predicted octanol–water partition coefficient (Wildman–Crippen LogP) is 0.171. The molecule has 3 rings (SSSR count). The Kier molecular flexibility index (Phi) is 5.95. The summed E-state index contributed by atoms with van der Waals surface area (Å²) in [6.45, 7) is 10.8. The number of carbonyl (C=O) groups is 4. The molecule has 3 saturated heterocycles. The average molecular weight is 393 g/mol. The Bertz CT molecular complexity index is 599. The van der Waals surface area contributed by atoms with E-state index in [1.54, 1.807) is 19.6 Å². The molecule has 3 aliphatic rings. The molecule has 3 aliphatic heterocycles. The zero-order valence-corrected chi connectivity index (χ0v) is 17.4. The Labute approximate surface area is 166 Å². The molecule has 4 amide bonds. The normalized spacial score (nSPS) is 26.2. The van der Waals surface area contributed by atoms with Gasteiger partial charge in [-0.1, -0.05) is 0 Å². The van der Waals surface area contributed by atoms with E-state index >= 15 is 0 Å². The SMILES string of the molecule is CC(C)N1CC(C(=O)N2CCN(C(=O)C3CC(=O)N(C(C)C)C3)CC2)CC1=O. The molecular weight excluding hydrogens is 360 g/mol. The van der Waals surface area contributed by atoms with Gasteiger partial charge in [0.2, 0.25) is 23.6 Å². The summed E-state index contributed by atoms with van der Waals surface area (Å²) in [5.74, 6) is -0.421. The molecule has 2 unspecified atom stereocenters. The van der Waals surface area contributed by atoms with Crippen molar-refractivity contribution in [3.8, 4) is 0 Å². The summed E-state index contributed by atoms with van der Waals surface area (Å²) >= 11 is 0. The van der Waals surface area contributed by atoms with Gasteiger partial charge in [0.15, 0.2) is 0 Å². The summed E-state index contributed by atoms with van der Waals surface area (Å²) in [5, 5.41) is 0. The lowest BCUT2D eigenvalue weighted by Crippen LogP contribution is -2.53. The number of likely N-dealkylation sites (tertiary alicyclic amines) is 2. The second-order valence-electron chi connectivity index (χ2n) is 8.73. The minimum absolute atomic E-state index is 0.0191. The van der Waals surface area contributed by atoms with E-state index in [1.807, 2.05) is 27.7 Å². The lowest BCUT2D eigenvalue weighted by Gasteiger charge is -2.37. The van der Waals surface area contributed by atoms with Gasteiger partial charge in [0.1, 0.15) is 0 Å². The van der Waals surface area contributed by atoms with Crippen molar-refractivity contribution in [3.63, 3.8) is 0 Å². The molecule has 0 N–H and O–H groups in total. The lowest BCUT2D eigenvalue weighted by molar-refractivity contribution is -0.143. The first-order chi connectivity index (χ1) is 13.2. The molecule has 0 aromatic rings. The number of amides is 4. The van der Waals surface area contributed by atoms with Crippen molar-refractivity contribution in [2.24, 2.45) is 11.8 Å². The van der Waals surface area contributed by atoms with Crippen LogP contribution in [0.2, 0.25) is 0 Å². The van der Waals surface area contributed by atoms with Crippen LogP contribution in [0.3, 0.4) is 0 Å². The monoisotopic (exact) mass is 392 g/mol. The minimum Gasteiger partial charge on any atom is -0.339 e. The smallest absolute Gasteiger partial charge is 0.228 e. The van der Waals surface area contributed by atoms with E-state index in [2.05, 4.69) is 0 Å². The van der Waals surface area contributed by atoms with Crippen LogP contribution >= 0.6 is 0 Å². The van der Waals surface area contributed by atoms with Crippen molar-refractivity contribution < 1.29 is 19.2 Å². The van der Waals surface area contributed by atoms with Crippen LogP contribution in [-0.2, 0) is 19.2 Å². The van der Waals surface area contributed by atoms with Gasteiger partial charge in [-0.3, -0.25) is 19.2 Å². The summed E-state index contributed by atoms with van der Waals surface area (Å²) in [6, 6.07) is 0.221. The second kappa shape index (κ2) is 8.09. The van der Waals surface area contributed by atoms with Crippen molar-refractivity contribution >= 4 is 23.6 Å². The van der Waals surface area contributed by atoms with Gasteiger partial charge in [0.25, 0.3) is 0 Å². The van der Waals surface area contributed by atoms with Crippen LogP contribution in [0, 0.1) is 11.8 Å². The van der Waals surface area contributed by atoms with Crippen LogP contribution in [0.5, 0.6) is 0 Å². The van der Waals surface area contributed by atoms with Gasteiger partial charge < -0.3 is 19.6 Å². The standard InChI is InChI=1S/C20H32N4O4/c1-13(2)23-11-15(9-17(23)25)19(27)21-5-7-22(8-6-21)20(28)16-10-18(26)24(12-16)14(3)4/h13-16H,5-12H2,1-4H3. The summed E-state index contributed by atoms with van der Waals surface area (Å²) in [7, 11) is 0. The Morgan fingerprint density at radius 2 is 1.04 bits per heavy atom. The van der Waals surface area contributed by atoms with Crippen molar-refractivity contribution in [3.05, 3.63) is 0 Å². The van der Waals surface area contributed by atoms with Crippen molar-refractivity contribution in [1.29, 1.82) is 0 Å². The van der Waals surface area contributed by atoms with E-state index in [0.29, 0.717) is 39.3 Å². The van der Waals surface area contributed by atoms with E-state index in [-0.39, 0.29) is 60.4 Å². The number of carbonyl (C=O) groups excluding carboxylic acids is 4. The summed E-state index contributed by atoms with van der Waals surface area (Å²) in [4.78, 5) is 56.8. The highest BCUT2D eigenvalue weighted by atomic mass is 16.2. The molecule has 0 aromatic heterocycles. The maximum absolute atomic E-state index is 12.8. The Morgan fingerprint density at radius 1 is 0.714 bits per heavy atom. The van der Waals surface area contributed by atoms with Crippen LogP contribution < -0.4 is 0 Å². The van der Waals surface area contributed by atoms with Gasteiger partial charge in [0, 0.05) is 64.2 Å². The topological polar surface area (TPSA) is 81.2 Å². The number of rotatable bonds is 4. The molecule has 3 fully saturated rings. The molecule has 2 atom stereocenters. The fourth-order valence-electron chi connectivity index (χ4n) is 4.46. The minimum atomic E-state index is -0.274. The second-order valence-corrected chi connectivity index (χ2v) is 8.73. The number of hydrogen-bond donors (Lipinski definition) is 0. The molecule has 0 aromatic carbocycles. The highest BCUT2D eigenvalue weighted by Crippen LogP contribution is 2.25. The van der Waals surface area contributed by atoms with Crippen molar-refractivity contribution in [2.45, 2.75) is 52.6 Å². The van der Waals surface area contributed by atoms with Crippen LogP contribution in [0.25, 0.3) is 0 Å². The van der Waals surface area contributed by atoms with E-state index in [0.717, 1.165) is 0 Å². The molecule has 0 radical (unpaired) electrons. The first-order valence-electron chi connectivity index (χ1n) is 10.4. The molecule has 8 nitrogen and oxygen atoms in total. The van der Waals surface area contributed by atoms with Crippen molar-refractivity contribution in [2.75, 3.05) is 39.3 Å². The van der Waals surface area contributed by atoms with E-state index < -0.39 is 0 Å². The first-order valence-corrected chi connectivity index (χ1v) is 10.4. The average Bonchev–Trinajstić information content (AvgIpc) is 3.23. The van der Waals surface area contributed by atoms with Crippen LogP contribution in [0.1, 0.15) is 40.5 Å². The number of piperazine rings is 1. The van der Waals surface area contributed by atoms with Crippen LogP contribution in [0.15, 0.2) is 0 Å².